The minimum Gasteiger partial charge on any atom is -0.394 e. The second-order valence-electron chi connectivity index (χ2n) is 5.48. The van der Waals surface area contributed by atoms with Crippen LogP contribution in [0.25, 0.3) is 0 Å². The predicted octanol–water partition coefficient (Wildman–Crippen LogP) is 0.743. The van der Waals surface area contributed by atoms with Crippen LogP contribution in [0.15, 0.2) is 0 Å². The third-order valence-corrected chi connectivity index (χ3v) is 3.25. The number of aryl methyl sites for hydroxylation is 2. The highest BCUT2D eigenvalue weighted by atomic mass is 16.3. The summed E-state index contributed by atoms with van der Waals surface area (Å²) in [6.07, 6.45) is 0.626. The summed E-state index contributed by atoms with van der Waals surface area (Å²) in [6.45, 7) is 7.25. The highest BCUT2D eigenvalue weighted by Gasteiger charge is 2.25. The van der Waals surface area contributed by atoms with Crippen LogP contribution < -0.4 is 5.32 Å². The Bertz CT molecular complexity index is 506. The average Bonchev–Trinajstić information content (AvgIpc) is 2.61. The van der Waals surface area contributed by atoms with Crippen LogP contribution in [0.2, 0.25) is 0 Å². The van der Waals surface area contributed by atoms with Gasteiger partial charge in [0.1, 0.15) is 0 Å². The molecule has 20 heavy (non-hydrogen) atoms. The van der Waals surface area contributed by atoms with Crippen molar-refractivity contribution in [3.8, 4) is 0 Å². The maximum Gasteiger partial charge on any atom is 0.292 e. The summed E-state index contributed by atoms with van der Waals surface area (Å²) in [5, 5.41) is 16.0. The minimum atomic E-state index is -0.691. The molecule has 6 nitrogen and oxygen atoms in total. The van der Waals surface area contributed by atoms with Crippen molar-refractivity contribution >= 4 is 11.7 Å². The zero-order valence-corrected chi connectivity index (χ0v) is 12.7. The molecule has 1 amide bonds. The van der Waals surface area contributed by atoms with Crippen molar-refractivity contribution in [3.05, 3.63) is 17.0 Å². The molecule has 1 unspecified atom stereocenters. The smallest absolute Gasteiger partial charge is 0.292 e. The van der Waals surface area contributed by atoms with Gasteiger partial charge in [0.2, 0.25) is 0 Å². The van der Waals surface area contributed by atoms with Crippen molar-refractivity contribution in [2.24, 2.45) is 13.0 Å². The molecule has 0 bridgehead atoms. The fourth-order valence-corrected chi connectivity index (χ4v) is 2.21. The summed E-state index contributed by atoms with van der Waals surface area (Å²) in [5.74, 6) is -0.969. The van der Waals surface area contributed by atoms with Gasteiger partial charge in [-0.05, 0) is 26.2 Å². The molecule has 112 valence electrons. The first-order valence-corrected chi connectivity index (χ1v) is 6.74. The lowest BCUT2D eigenvalue weighted by atomic mass is 10.0. The monoisotopic (exact) mass is 281 g/mol. The molecule has 0 radical (unpaired) electrons. The SMILES string of the molecule is Cc1nn(C)c(C)c1C(=O)C(=O)NC(CO)CC(C)C. The van der Waals surface area contributed by atoms with Gasteiger partial charge in [-0.15, -0.1) is 0 Å². The molecule has 0 aromatic carbocycles. The number of aromatic nitrogens is 2. The van der Waals surface area contributed by atoms with Crippen molar-refractivity contribution < 1.29 is 14.7 Å². The van der Waals surface area contributed by atoms with Gasteiger partial charge in [-0.2, -0.15) is 5.10 Å². The molecule has 1 aromatic heterocycles. The third-order valence-electron chi connectivity index (χ3n) is 3.25. The molecule has 1 atom stereocenters. The van der Waals surface area contributed by atoms with Gasteiger partial charge in [-0.1, -0.05) is 13.8 Å². The van der Waals surface area contributed by atoms with E-state index in [1.165, 1.54) is 0 Å². The Labute approximate surface area is 119 Å². The summed E-state index contributed by atoms with van der Waals surface area (Å²) < 4.78 is 1.58. The Morgan fingerprint density at radius 1 is 1.35 bits per heavy atom. The Hall–Kier alpha value is -1.69. The fraction of sp³-hybridized carbons (Fsp3) is 0.643. The standard InChI is InChI=1S/C14H23N3O3/c1-8(2)6-11(7-18)15-14(20)13(19)12-9(3)16-17(5)10(12)4/h8,11,18H,6-7H2,1-5H3,(H,15,20). The number of aliphatic hydroxyl groups is 1. The first-order chi connectivity index (χ1) is 9.27. The minimum absolute atomic E-state index is 0.178. The number of ketones is 1. The number of nitrogens with one attached hydrogen (secondary N) is 1. The Morgan fingerprint density at radius 3 is 2.35 bits per heavy atom. The number of carbonyl (C=O) groups excluding carboxylic acids is 2. The lowest BCUT2D eigenvalue weighted by Gasteiger charge is -2.17. The number of hydrogen-bond acceptors (Lipinski definition) is 4. The number of hydrogen-bond donors (Lipinski definition) is 2. The Kier molecular flexibility index (Phi) is 5.44. The van der Waals surface area contributed by atoms with Crippen LogP contribution >= 0.6 is 0 Å². The number of nitrogens with zero attached hydrogens (tertiary/aromatic N) is 2. The van der Waals surface area contributed by atoms with E-state index in [9.17, 15) is 14.7 Å². The van der Waals surface area contributed by atoms with Gasteiger partial charge in [0.05, 0.1) is 23.9 Å². The zero-order chi connectivity index (χ0) is 15.4. The van der Waals surface area contributed by atoms with Crippen molar-refractivity contribution in [3.63, 3.8) is 0 Å². The highest BCUT2D eigenvalue weighted by Crippen LogP contribution is 2.13. The number of rotatable bonds is 6. The normalized spacial score (nSPS) is 12.6. The van der Waals surface area contributed by atoms with Crippen LogP contribution in [-0.4, -0.2) is 39.2 Å². The lowest BCUT2D eigenvalue weighted by molar-refractivity contribution is -0.118. The van der Waals surface area contributed by atoms with Gasteiger partial charge >= 0.3 is 0 Å². The van der Waals surface area contributed by atoms with Crippen LogP contribution in [0.3, 0.4) is 0 Å². The first kappa shape index (κ1) is 16.4. The first-order valence-electron chi connectivity index (χ1n) is 6.74. The molecule has 0 saturated heterocycles. The number of carbonyl (C=O) groups is 2. The van der Waals surface area contributed by atoms with Gasteiger partial charge in [0.25, 0.3) is 11.7 Å². The molecule has 0 spiro atoms. The van der Waals surface area contributed by atoms with Gasteiger partial charge in [0.15, 0.2) is 0 Å². The molecular weight excluding hydrogens is 258 g/mol. The van der Waals surface area contributed by atoms with E-state index in [0.717, 1.165) is 0 Å². The quantitative estimate of drug-likeness (QED) is 0.595. The van der Waals surface area contributed by atoms with Crippen molar-refractivity contribution in [2.45, 2.75) is 40.2 Å². The lowest BCUT2D eigenvalue weighted by Crippen LogP contribution is -2.42. The van der Waals surface area contributed by atoms with E-state index in [1.54, 1.807) is 25.6 Å². The zero-order valence-electron chi connectivity index (χ0n) is 12.7. The van der Waals surface area contributed by atoms with Gasteiger partial charge in [0, 0.05) is 12.7 Å². The summed E-state index contributed by atoms with van der Waals surface area (Å²) in [6, 6.07) is -0.399. The molecule has 0 aliphatic heterocycles. The Morgan fingerprint density at radius 2 is 1.95 bits per heavy atom. The molecule has 0 aliphatic rings. The molecule has 1 heterocycles. The molecule has 1 aromatic rings. The van der Waals surface area contributed by atoms with Gasteiger partial charge in [-0.25, -0.2) is 0 Å². The van der Waals surface area contributed by atoms with Crippen molar-refractivity contribution in [1.29, 1.82) is 0 Å². The van der Waals surface area contributed by atoms with Crippen molar-refractivity contribution in [2.75, 3.05) is 6.61 Å². The second-order valence-corrected chi connectivity index (χ2v) is 5.48. The molecule has 0 aliphatic carbocycles. The average molecular weight is 281 g/mol. The van der Waals surface area contributed by atoms with E-state index in [1.807, 2.05) is 13.8 Å². The summed E-state index contributed by atoms with van der Waals surface area (Å²) in [7, 11) is 1.73. The highest BCUT2D eigenvalue weighted by molar-refractivity contribution is 6.43. The van der Waals surface area contributed by atoms with Crippen LogP contribution in [0.1, 0.15) is 42.0 Å². The van der Waals surface area contributed by atoms with E-state index in [-0.39, 0.29) is 6.61 Å². The van der Waals surface area contributed by atoms with Gasteiger partial charge < -0.3 is 10.4 Å². The summed E-state index contributed by atoms with van der Waals surface area (Å²) in [4.78, 5) is 24.2. The van der Waals surface area contributed by atoms with E-state index in [0.29, 0.717) is 29.3 Å². The van der Waals surface area contributed by atoms with Crippen LogP contribution in [0.5, 0.6) is 0 Å². The second kappa shape index (κ2) is 6.65. The molecule has 1 rings (SSSR count). The van der Waals surface area contributed by atoms with Gasteiger partial charge in [-0.3, -0.25) is 14.3 Å². The third kappa shape index (κ3) is 3.66. The molecule has 6 heteroatoms. The van der Waals surface area contributed by atoms with Crippen LogP contribution in [0.4, 0.5) is 0 Å². The predicted molar refractivity (Wildman–Crippen MR) is 75.5 cm³/mol. The summed E-state index contributed by atoms with van der Waals surface area (Å²) in [5.41, 5.74) is 1.54. The molecule has 2 N–H and O–H groups in total. The summed E-state index contributed by atoms with van der Waals surface area (Å²) >= 11 is 0. The fourth-order valence-electron chi connectivity index (χ4n) is 2.21. The maximum absolute atomic E-state index is 12.2. The largest absolute Gasteiger partial charge is 0.394 e. The van der Waals surface area contributed by atoms with E-state index in [2.05, 4.69) is 10.4 Å². The number of Topliss-reactive ketones (excluding diaryl/α,β-unsaturated/α-hetero) is 1. The van der Waals surface area contributed by atoms with E-state index >= 15 is 0 Å². The van der Waals surface area contributed by atoms with Crippen molar-refractivity contribution in [1.82, 2.24) is 15.1 Å². The van der Waals surface area contributed by atoms with Crippen LogP contribution in [0, 0.1) is 19.8 Å². The number of aliphatic hydroxyl groups excluding tert-OH is 1. The topological polar surface area (TPSA) is 84.2 Å². The maximum atomic E-state index is 12.2. The molecule has 0 fully saturated rings. The van der Waals surface area contributed by atoms with E-state index < -0.39 is 17.7 Å². The Balaban J connectivity index is 2.84. The van der Waals surface area contributed by atoms with E-state index in [4.69, 9.17) is 0 Å². The molecule has 0 saturated carbocycles. The van der Waals surface area contributed by atoms with Crippen LogP contribution in [-0.2, 0) is 11.8 Å². The number of amides is 1. The molecular formula is C14H23N3O3.